The zero-order valence-electron chi connectivity index (χ0n) is 21.5. The molecule has 0 aliphatic carbocycles. The Morgan fingerprint density at radius 1 is 1.18 bits per heavy atom. The zero-order valence-corrected chi connectivity index (χ0v) is 21.5. The lowest BCUT2D eigenvalue weighted by Crippen LogP contribution is -2.52. The molecule has 1 aromatic carbocycles. The maximum atomic E-state index is 13.6. The summed E-state index contributed by atoms with van der Waals surface area (Å²) in [5.74, 6) is 0.244. The van der Waals surface area contributed by atoms with Crippen molar-refractivity contribution in [3.05, 3.63) is 76.7 Å². The Morgan fingerprint density at radius 2 is 1.97 bits per heavy atom. The first-order valence-electron chi connectivity index (χ1n) is 13.3. The summed E-state index contributed by atoms with van der Waals surface area (Å²) in [7, 11) is 0. The summed E-state index contributed by atoms with van der Waals surface area (Å²) in [5, 5.41) is 22.3. The van der Waals surface area contributed by atoms with Crippen LogP contribution in [0.2, 0.25) is 0 Å². The molecule has 2 aliphatic rings. The highest BCUT2D eigenvalue weighted by molar-refractivity contribution is 5.80. The number of nitrogens with one attached hydrogen (secondary N) is 2. The van der Waals surface area contributed by atoms with E-state index in [0.717, 1.165) is 30.9 Å². The van der Waals surface area contributed by atoms with Gasteiger partial charge in [0.05, 0.1) is 28.9 Å². The SMILES string of the molecule is Cc1n[nH]cc1-n1ccc2c(=O)n(CC3(O)CCN(C(=O)[C@@H]4CCNC[C@H]4c4ccccc4)CC3)cnc21. The normalized spacial score (nSPS) is 21.6. The number of benzene rings is 1. The minimum Gasteiger partial charge on any atom is -0.388 e. The number of aliphatic hydroxyl groups is 1. The van der Waals surface area contributed by atoms with Crippen LogP contribution in [0.25, 0.3) is 16.7 Å². The van der Waals surface area contributed by atoms with Crippen molar-refractivity contribution in [2.24, 2.45) is 5.92 Å². The number of carbonyl (C=O) groups excluding carboxylic acids is 1. The van der Waals surface area contributed by atoms with Crippen molar-refractivity contribution in [1.82, 2.24) is 34.5 Å². The van der Waals surface area contributed by atoms with Gasteiger partial charge in [-0.2, -0.15) is 5.10 Å². The molecule has 0 saturated carbocycles. The Hall–Kier alpha value is -3.76. The van der Waals surface area contributed by atoms with Crippen LogP contribution in [-0.4, -0.2) is 72.0 Å². The number of hydrogen-bond donors (Lipinski definition) is 3. The number of fused-ring (bicyclic) bond motifs is 1. The first-order valence-corrected chi connectivity index (χ1v) is 13.3. The number of piperidine rings is 2. The summed E-state index contributed by atoms with van der Waals surface area (Å²) in [6.07, 6.45) is 6.72. The molecule has 198 valence electrons. The van der Waals surface area contributed by atoms with Crippen molar-refractivity contribution in [3.63, 3.8) is 0 Å². The van der Waals surface area contributed by atoms with Gasteiger partial charge in [0.1, 0.15) is 6.33 Å². The number of aryl methyl sites for hydroxylation is 1. The van der Waals surface area contributed by atoms with Crippen LogP contribution in [-0.2, 0) is 11.3 Å². The van der Waals surface area contributed by atoms with Gasteiger partial charge in [0.25, 0.3) is 5.56 Å². The van der Waals surface area contributed by atoms with Gasteiger partial charge in [0.15, 0.2) is 5.65 Å². The number of aromatic amines is 1. The first kappa shape index (κ1) is 24.6. The minimum absolute atomic E-state index is 0.0676. The molecule has 2 atom stereocenters. The topological polar surface area (TPSA) is 121 Å². The number of carbonyl (C=O) groups is 1. The average molecular weight is 516 g/mol. The Balaban J connectivity index is 1.15. The Labute approximate surface area is 220 Å². The molecule has 0 unspecified atom stereocenters. The summed E-state index contributed by atoms with van der Waals surface area (Å²) < 4.78 is 3.33. The highest BCUT2D eigenvalue weighted by Crippen LogP contribution is 2.33. The molecule has 2 fully saturated rings. The number of nitrogens with zero attached hydrogens (tertiary/aromatic N) is 5. The molecule has 1 amide bonds. The largest absolute Gasteiger partial charge is 0.388 e. The van der Waals surface area contributed by atoms with E-state index in [-0.39, 0.29) is 29.8 Å². The lowest BCUT2D eigenvalue weighted by atomic mass is 9.80. The Bertz CT molecular complexity index is 1500. The quantitative estimate of drug-likeness (QED) is 0.374. The van der Waals surface area contributed by atoms with E-state index in [1.54, 1.807) is 12.3 Å². The minimum atomic E-state index is -1.08. The lowest BCUT2D eigenvalue weighted by molar-refractivity contribution is -0.141. The fourth-order valence-electron chi connectivity index (χ4n) is 6.01. The lowest BCUT2D eigenvalue weighted by Gasteiger charge is -2.41. The van der Waals surface area contributed by atoms with Gasteiger partial charge in [-0.25, -0.2) is 4.98 Å². The molecular weight excluding hydrogens is 482 g/mol. The van der Waals surface area contributed by atoms with Crippen molar-refractivity contribution in [1.29, 1.82) is 0 Å². The summed E-state index contributed by atoms with van der Waals surface area (Å²) >= 11 is 0. The predicted octanol–water partition coefficient (Wildman–Crippen LogP) is 1.97. The van der Waals surface area contributed by atoms with Crippen LogP contribution < -0.4 is 10.9 Å². The molecule has 10 heteroatoms. The third-order valence-corrected chi connectivity index (χ3v) is 8.23. The van der Waals surface area contributed by atoms with E-state index in [2.05, 4.69) is 32.6 Å². The number of likely N-dealkylation sites (tertiary alicyclic amines) is 1. The second-order valence-electron chi connectivity index (χ2n) is 10.6. The molecule has 0 spiro atoms. The summed E-state index contributed by atoms with van der Waals surface area (Å²) in [5.41, 5.74) is 2.12. The van der Waals surface area contributed by atoms with Crippen LogP contribution in [0.3, 0.4) is 0 Å². The van der Waals surface area contributed by atoms with Gasteiger partial charge in [0, 0.05) is 43.9 Å². The first-order chi connectivity index (χ1) is 18.4. The van der Waals surface area contributed by atoms with Crippen molar-refractivity contribution in [3.8, 4) is 5.69 Å². The molecule has 38 heavy (non-hydrogen) atoms. The molecule has 0 radical (unpaired) electrons. The summed E-state index contributed by atoms with van der Waals surface area (Å²) in [6, 6.07) is 12.0. The van der Waals surface area contributed by atoms with E-state index in [9.17, 15) is 14.7 Å². The van der Waals surface area contributed by atoms with Gasteiger partial charge in [-0.1, -0.05) is 30.3 Å². The molecule has 3 aromatic heterocycles. The molecule has 5 heterocycles. The highest BCUT2D eigenvalue weighted by Gasteiger charge is 2.39. The fourth-order valence-corrected chi connectivity index (χ4v) is 6.01. The second kappa shape index (κ2) is 9.85. The molecular formula is C28H33N7O3. The van der Waals surface area contributed by atoms with E-state index >= 15 is 0 Å². The van der Waals surface area contributed by atoms with E-state index in [0.29, 0.717) is 37.0 Å². The maximum Gasteiger partial charge on any atom is 0.262 e. The molecule has 0 bridgehead atoms. The number of hydrogen-bond acceptors (Lipinski definition) is 6. The van der Waals surface area contributed by atoms with Crippen LogP contribution >= 0.6 is 0 Å². The number of rotatable bonds is 5. The van der Waals surface area contributed by atoms with Gasteiger partial charge in [0.2, 0.25) is 5.91 Å². The van der Waals surface area contributed by atoms with Gasteiger partial charge in [-0.15, -0.1) is 0 Å². The monoisotopic (exact) mass is 515 g/mol. The molecule has 2 saturated heterocycles. The average Bonchev–Trinajstić information content (AvgIpc) is 3.57. The van der Waals surface area contributed by atoms with Gasteiger partial charge < -0.3 is 15.3 Å². The third-order valence-electron chi connectivity index (χ3n) is 8.23. The zero-order chi connectivity index (χ0) is 26.3. The summed E-state index contributed by atoms with van der Waals surface area (Å²) in [6.45, 7) is 4.60. The molecule has 3 N–H and O–H groups in total. The molecule has 10 nitrogen and oxygen atoms in total. The van der Waals surface area contributed by atoms with Crippen LogP contribution in [0, 0.1) is 12.8 Å². The fraction of sp³-hybridized carbons (Fsp3) is 0.429. The van der Waals surface area contributed by atoms with Crippen molar-refractivity contribution in [2.75, 3.05) is 26.2 Å². The van der Waals surface area contributed by atoms with E-state index in [4.69, 9.17) is 0 Å². The van der Waals surface area contributed by atoms with Crippen molar-refractivity contribution >= 4 is 16.9 Å². The standard InChI is InChI=1S/C28H33N7O3/c1-19-24(16-31-32-19)35-12-8-22-25(35)30-18-34(27(22)37)17-28(38)9-13-33(14-10-28)26(36)21-7-11-29-15-23(21)20-5-3-2-4-6-20/h2-6,8,12,16,18,21,23,29,38H,7,9-11,13-15,17H2,1H3,(H,31,32)/t21-,23+/m1/s1. The van der Waals surface area contributed by atoms with Gasteiger partial charge in [-0.05, 0) is 44.4 Å². The third kappa shape index (κ3) is 4.43. The summed E-state index contributed by atoms with van der Waals surface area (Å²) in [4.78, 5) is 33.3. The molecule has 2 aliphatic heterocycles. The molecule has 4 aromatic rings. The number of amides is 1. The van der Waals surface area contributed by atoms with Gasteiger partial charge in [-0.3, -0.25) is 23.8 Å². The van der Waals surface area contributed by atoms with Crippen LogP contribution in [0.4, 0.5) is 0 Å². The van der Waals surface area contributed by atoms with Crippen molar-refractivity contribution < 1.29 is 9.90 Å². The van der Waals surface area contributed by atoms with Crippen LogP contribution in [0.1, 0.15) is 36.4 Å². The van der Waals surface area contributed by atoms with Gasteiger partial charge >= 0.3 is 0 Å². The highest BCUT2D eigenvalue weighted by atomic mass is 16.3. The Kier molecular flexibility index (Phi) is 6.37. The Morgan fingerprint density at radius 3 is 2.71 bits per heavy atom. The predicted molar refractivity (Wildman–Crippen MR) is 143 cm³/mol. The van der Waals surface area contributed by atoms with E-state index in [1.165, 1.54) is 16.5 Å². The van der Waals surface area contributed by atoms with Crippen molar-refractivity contribution in [2.45, 2.75) is 44.2 Å². The maximum absolute atomic E-state index is 13.6. The van der Waals surface area contributed by atoms with Crippen LogP contribution in [0.15, 0.2) is 59.9 Å². The van der Waals surface area contributed by atoms with Crippen LogP contribution in [0.5, 0.6) is 0 Å². The smallest absolute Gasteiger partial charge is 0.262 e. The second-order valence-corrected chi connectivity index (χ2v) is 10.6. The van der Waals surface area contributed by atoms with E-state index in [1.807, 2.05) is 40.8 Å². The molecule has 6 rings (SSSR count). The number of aromatic nitrogens is 5. The van der Waals surface area contributed by atoms with E-state index < -0.39 is 5.60 Å². The number of H-pyrrole nitrogens is 1.